The van der Waals surface area contributed by atoms with Crippen LogP contribution in [0.3, 0.4) is 0 Å². The maximum Gasteiger partial charge on any atom is 0.357 e. The number of ether oxygens (including phenoxy) is 1. The van der Waals surface area contributed by atoms with Gasteiger partial charge in [0.1, 0.15) is 5.75 Å². The van der Waals surface area contributed by atoms with Gasteiger partial charge in [-0.1, -0.05) is 12.1 Å². The molecule has 2 rings (SSSR count). The van der Waals surface area contributed by atoms with Crippen molar-refractivity contribution in [2.75, 3.05) is 25.1 Å². The second-order valence-corrected chi connectivity index (χ2v) is 7.92. The van der Waals surface area contributed by atoms with Crippen molar-refractivity contribution >= 4 is 19.3 Å². The van der Waals surface area contributed by atoms with Crippen molar-refractivity contribution in [3.8, 4) is 5.75 Å². The predicted octanol–water partition coefficient (Wildman–Crippen LogP) is 4.95. The van der Waals surface area contributed by atoms with Crippen LogP contribution < -0.4 is 5.32 Å². The number of carbonyl (C=O) groups excluding carboxylic acids is 1. The molecular formula is C20H26NO6P. The summed E-state index contributed by atoms with van der Waals surface area (Å²) in [5, 5.41) is 12.7. The molecule has 0 spiro atoms. The first kappa shape index (κ1) is 22.0. The van der Waals surface area contributed by atoms with Gasteiger partial charge in [0.25, 0.3) is 0 Å². The molecule has 0 aromatic heterocycles. The summed E-state index contributed by atoms with van der Waals surface area (Å²) < 4.78 is 29.4. The van der Waals surface area contributed by atoms with Crippen molar-refractivity contribution in [3.05, 3.63) is 59.7 Å². The Morgan fingerprint density at radius 1 is 0.964 bits per heavy atom. The van der Waals surface area contributed by atoms with Gasteiger partial charge in [-0.3, -0.25) is 4.57 Å². The molecule has 8 heteroatoms. The number of benzene rings is 2. The van der Waals surface area contributed by atoms with Crippen LogP contribution >= 0.6 is 7.60 Å². The number of nitrogens with one attached hydrogen (secondary N) is 1. The van der Waals surface area contributed by atoms with Gasteiger partial charge < -0.3 is 24.2 Å². The van der Waals surface area contributed by atoms with Crippen LogP contribution in [0.15, 0.2) is 48.5 Å². The highest BCUT2D eigenvalue weighted by atomic mass is 31.2. The summed E-state index contributed by atoms with van der Waals surface area (Å²) >= 11 is 0. The number of carbonyl (C=O) groups is 1. The Bertz CT molecular complexity index is 796. The molecule has 2 aromatic rings. The zero-order valence-corrected chi connectivity index (χ0v) is 17.1. The van der Waals surface area contributed by atoms with E-state index in [1.807, 2.05) is 0 Å². The van der Waals surface area contributed by atoms with Crippen LogP contribution in [0.2, 0.25) is 0 Å². The van der Waals surface area contributed by atoms with Crippen LogP contribution in [-0.2, 0) is 18.3 Å². The normalized spacial score (nSPS) is 12.4. The van der Waals surface area contributed by atoms with Gasteiger partial charge in [0, 0.05) is 5.69 Å². The lowest BCUT2D eigenvalue weighted by Crippen LogP contribution is -2.15. The van der Waals surface area contributed by atoms with Gasteiger partial charge >= 0.3 is 13.6 Å². The van der Waals surface area contributed by atoms with Crippen molar-refractivity contribution in [3.63, 3.8) is 0 Å². The van der Waals surface area contributed by atoms with Crippen LogP contribution in [0, 0.1) is 0 Å². The predicted molar refractivity (Wildman–Crippen MR) is 108 cm³/mol. The highest BCUT2D eigenvalue weighted by Gasteiger charge is 2.37. The van der Waals surface area contributed by atoms with Crippen molar-refractivity contribution in [2.45, 2.75) is 26.6 Å². The van der Waals surface area contributed by atoms with E-state index >= 15 is 0 Å². The van der Waals surface area contributed by atoms with Crippen LogP contribution in [0.5, 0.6) is 5.75 Å². The van der Waals surface area contributed by atoms with Gasteiger partial charge in [0.15, 0.2) is 5.78 Å². The molecule has 1 unspecified atom stereocenters. The van der Waals surface area contributed by atoms with Gasteiger partial charge in [-0.05, 0) is 62.7 Å². The Labute approximate surface area is 165 Å². The molecule has 152 valence electrons. The monoisotopic (exact) mass is 407 g/mol. The number of anilines is 1. The average molecular weight is 407 g/mol. The van der Waals surface area contributed by atoms with Crippen molar-refractivity contribution < 1.29 is 28.3 Å². The van der Waals surface area contributed by atoms with E-state index in [9.17, 15) is 14.5 Å². The third kappa shape index (κ3) is 5.58. The fourth-order valence-corrected chi connectivity index (χ4v) is 4.56. The number of esters is 1. The maximum absolute atomic E-state index is 13.4. The number of phenols is 1. The second kappa shape index (κ2) is 10.3. The Hall–Kier alpha value is -2.34. The van der Waals surface area contributed by atoms with Crippen LogP contribution in [0.25, 0.3) is 0 Å². The highest BCUT2D eigenvalue weighted by Crippen LogP contribution is 2.60. The van der Waals surface area contributed by atoms with Crippen LogP contribution in [0.1, 0.15) is 42.5 Å². The number of hydrogen-bond donors (Lipinski definition) is 2. The molecule has 1 atom stereocenters. The number of hydrogen-bond acceptors (Lipinski definition) is 7. The molecule has 0 amide bonds. The Balaban J connectivity index is 2.35. The van der Waals surface area contributed by atoms with Gasteiger partial charge in [-0.2, -0.15) is 0 Å². The Morgan fingerprint density at radius 2 is 1.54 bits per heavy atom. The van der Waals surface area contributed by atoms with E-state index in [0.29, 0.717) is 23.4 Å². The van der Waals surface area contributed by atoms with E-state index in [1.54, 1.807) is 57.2 Å². The summed E-state index contributed by atoms with van der Waals surface area (Å²) in [7, 11) is -3.56. The van der Waals surface area contributed by atoms with Crippen molar-refractivity contribution in [1.29, 1.82) is 0 Å². The molecule has 0 aliphatic rings. The largest absolute Gasteiger partial charge is 0.508 e. The van der Waals surface area contributed by atoms with E-state index in [0.717, 1.165) is 0 Å². The van der Waals surface area contributed by atoms with Crippen molar-refractivity contribution in [2.24, 2.45) is 0 Å². The van der Waals surface area contributed by atoms with E-state index in [-0.39, 0.29) is 19.0 Å². The molecule has 7 nitrogen and oxygen atoms in total. The maximum atomic E-state index is 13.4. The molecule has 2 N–H and O–H groups in total. The van der Waals surface area contributed by atoms with E-state index < -0.39 is 19.3 Å². The first-order valence-corrected chi connectivity index (χ1v) is 10.8. The minimum absolute atomic E-state index is 0.101. The summed E-state index contributed by atoms with van der Waals surface area (Å²) in [5.41, 5.74) is 1.69. The molecule has 0 saturated carbocycles. The second-order valence-electron chi connectivity index (χ2n) is 5.81. The molecule has 2 aromatic carbocycles. The third-order valence-electron chi connectivity index (χ3n) is 3.84. The lowest BCUT2D eigenvalue weighted by molar-refractivity contribution is 0.0526. The molecule has 0 bridgehead atoms. The lowest BCUT2D eigenvalue weighted by atomic mass is 10.2. The number of rotatable bonds is 10. The SMILES string of the molecule is CCOC(=O)c1ccc(NC(c2ccc(O)cc2)P(=O)(OCC)OCC)cc1. The molecule has 28 heavy (non-hydrogen) atoms. The first-order valence-electron chi connectivity index (χ1n) is 9.15. The van der Waals surface area contributed by atoms with Gasteiger partial charge in [0.2, 0.25) is 0 Å². The molecular weight excluding hydrogens is 381 g/mol. The van der Waals surface area contributed by atoms with E-state index in [1.165, 1.54) is 12.1 Å². The lowest BCUT2D eigenvalue weighted by Gasteiger charge is -2.28. The summed E-state index contributed by atoms with van der Waals surface area (Å²) in [6, 6.07) is 13.0. The molecule has 0 fully saturated rings. The van der Waals surface area contributed by atoms with Gasteiger partial charge in [0.05, 0.1) is 25.4 Å². The summed E-state index contributed by atoms with van der Waals surface area (Å²) in [4.78, 5) is 11.8. The zero-order chi connectivity index (χ0) is 20.6. The van der Waals surface area contributed by atoms with Gasteiger partial charge in [-0.15, -0.1) is 0 Å². The molecule has 0 aliphatic carbocycles. The zero-order valence-electron chi connectivity index (χ0n) is 16.3. The van der Waals surface area contributed by atoms with E-state index in [2.05, 4.69) is 5.32 Å². The third-order valence-corrected chi connectivity index (χ3v) is 6.14. The standard InChI is InChI=1S/C20H26NO6P/c1-4-25-20(23)16-7-11-17(12-8-16)21-19(15-9-13-18(22)14-10-15)28(24,26-5-2)27-6-3/h7-14,19,21-22H,4-6H2,1-3H3. The summed E-state index contributed by atoms with van der Waals surface area (Å²) in [5.74, 6) is -1.09. The highest BCUT2D eigenvalue weighted by molar-refractivity contribution is 7.54. The van der Waals surface area contributed by atoms with E-state index in [4.69, 9.17) is 13.8 Å². The fourth-order valence-electron chi connectivity index (χ4n) is 2.62. The summed E-state index contributed by atoms with van der Waals surface area (Å²) in [6.45, 7) is 5.97. The smallest absolute Gasteiger partial charge is 0.357 e. The molecule has 0 aliphatic heterocycles. The molecule has 0 saturated heterocycles. The van der Waals surface area contributed by atoms with Gasteiger partial charge in [-0.25, -0.2) is 4.79 Å². The number of aromatic hydroxyl groups is 1. The fraction of sp³-hybridized carbons (Fsp3) is 0.350. The quantitative estimate of drug-likeness (QED) is 0.425. The van der Waals surface area contributed by atoms with Crippen LogP contribution in [-0.4, -0.2) is 30.9 Å². The minimum atomic E-state index is -3.56. The Morgan fingerprint density at radius 3 is 2.04 bits per heavy atom. The average Bonchev–Trinajstić information content (AvgIpc) is 2.68. The molecule has 0 heterocycles. The van der Waals surface area contributed by atoms with Crippen LogP contribution in [0.4, 0.5) is 5.69 Å². The number of phenolic OH excluding ortho intramolecular Hbond substituents is 1. The summed E-state index contributed by atoms with van der Waals surface area (Å²) in [6.07, 6.45) is 0. The Kier molecular flexibility index (Phi) is 8.05. The minimum Gasteiger partial charge on any atom is -0.508 e. The van der Waals surface area contributed by atoms with Crippen molar-refractivity contribution in [1.82, 2.24) is 0 Å². The topological polar surface area (TPSA) is 94.1 Å². The first-order chi connectivity index (χ1) is 13.4. The molecule has 0 radical (unpaired) electrons.